The number of aryl methyl sites for hydroxylation is 1. The highest BCUT2D eigenvalue weighted by Gasteiger charge is 2.31. The number of methoxy groups -OCH3 is 1. The number of hydrogen-bond acceptors (Lipinski definition) is 7. The molecule has 0 spiro atoms. The minimum Gasteiger partial charge on any atom is -0.493 e. The zero-order valence-electron chi connectivity index (χ0n) is 16.3. The van der Waals surface area contributed by atoms with Gasteiger partial charge in [-0.05, 0) is 42.8 Å². The number of hydrogen-bond donors (Lipinski definition) is 0. The van der Waals surface area contributed by atoms with Gasteiger partial charge in [0.1, 0.15) is 9.22 Å². The van der Waals surface area contributed by atoms with Gasteiger partial charge in [0.15, 0.2) is 11.5 Å². The van der Waals surface area contributed by atoms with Crippen LogP contribution in [-0.2, 0) is 14.9 Å². The third kappa shape index (κ3) is 4.75. The van der Waals surface area contributed by atoms with Gasteiger partial charge in [0.05, 0.1) is 12.0 Å². The number of benzene rings is 2. The Morgan fingerprint density at radius 3 is 2.50 bits per heavy atom. The lowest BCUT2D eigenvalue weighted by Gasteiger charge is -2.12. The molecule has 0 atom stereocenters. The minimum absolute atomic E-state index is 0.0464. The summed E-state index contributed by atoms with van der Waals surface area (Å²) >= 11 is 6.42. The summed E-state index contributed by atoms with van der Waals surface area (Å²) in [5.74, 6) is 0.0709. The Bertz CT molecular complexity index is 1140. The van der Waals surface area contributed by atoms with Crippen molar-refractivity contribution in [2.24, 2.45) is 0 Å². The zero-order valence-corrected chi connectivity index (χ0v) is 18.8. The highest BCUT2D eigenvalue weighted by molar-refractivity contribution is 8.26. The molecule has 156 valence electrons. The first-order chi connectivity index (χ1) is 14.2. The average Bonchev–Trinajstić information content (AvgIpc) is 2.97. The SMILES string of the molecule is C=CCN1C(=O)/C(=C/c2ccc(OS(=O)(=O)c3ccc(C)cc3)c(OC)c2)SC1=S. The van der Waals surface area contributed by atoms with Crippen molar-refractivity contribution in [2.75, 3.05) is 13.7 Å². The molecule has 2 aromatic carbocycles. The summed E-state index contributed by atoms with van der Waals surface area (Å²) in [5.41, 5.74) is 1.58. The maximum Gasteiger partial charge on any atom is 0.339 e. The fourth-order valence-electron chi connectivity index (χ4n) is 2.65. The van der Waals surface area contributed by atoms with Crippen molar-refractivity contribution < 1.29 is 22.1 Å². The molecule has 0 N–H and O–H groups in total. The third-order valence-corrected chi connectivity index (χ3v) is 6.81. The molecule has 9 heteroatoms. The van der Waals surface area contributed by atoms with Gasteiger partial charge in [-0.25, -0.2) is 0 Å². The van der Waals surface area contributed by atoms with Crippen LogP contribution in [0.1, 0.15) is 11.1 Å². The highest BCUT2D eigenvalue weighted by Crippen LogP contribution is 2.35. The van der Waals surface area contributed by atoms with Gasteiger partial charge in [-0.2, -0.15) is 8.42 Å². The number of ether oxygens (including phenoxy) is 1. The topological polar surface area (TPSA) is 72.9 Å². The lowest BCUT2D eigenvalue weighted by Crippen LogP contribution is -2.27. The molecule has 0 unspecified atom stereocenters. The van der Waals surface area contributed by atoms with Crippen molar-refractivity contribution in [3.63, 3.8) is 0 Å². The predicted octanol–water partition coefficient (Wildman–Crippen LogP) is 4.16. The van der Waals surface area contributed by atoms with E-state index in [0.29, 0.717) is 21.3 Å². The predicted molar refractivity (Wildman–Crippen MR) is 122 cm³/mol. The van der Waals surface area contributed by atoms with E-state index in [1.807, 2.05) is 6.92 Å². The lowest BCUT2D eigenvalue weighted by atomic mass is 10.2. The van der Waals surface area contributed by atoms with Crippen molar-refractivity contribution in [2.45, 2.75) is 11.8 Å². The molecule has 1 heterocycles. The Hall–Kier alpha value is -2.62. The van der Waals surface area contributed by atoms with E-state index in [1.54, 1.807) is 36.4 Å². The Balaban J connectivity index is 1.87. The van der Waals surface area contributed by atoms with Crippen LogP contribution in [0, 0.1) is 6.92 Å². The number of amides is 1. The van der Waals surface area contributed by atoms with Gasteiger partial charge in [-0.3, -0.25) is 9.69 Å². The summed E-state index contributed by atoms with van der Waals surface area (Å²) in [6.45, 7) is 5.84. The molecule has 0 bridgehead atoms. The zero-order chi connectivity index (χ0) is 21.9. The summed E-state index contributed by atoms with van der Waals surface area (Å²) < 4.78 is 36.1. The van der Waals surface area contributed by atoms with Crippen molar-refractivity contribution in [1.82, 2.24) is 4.90 Å². The molecule has 0 aromatic heterocycles. The van der Waals surface area contributed by atoms with E-state index >= 15 is 0 Å². The van der Waals surface area contributed by atoms with Gasteiger partial charge in [-0.15, -0.1) is 6.58 Å². The standard InChI is InChI=1S/C21H19NO5S3/c1-4-11-22-20(23)19(29-21(22)28)13-15-7-10-17(18(12-15)26-3)27-30(24,25)16-8-5-14(2)6-9-16/h4-10,12-13H,1,11H2,2-3H3/b19-13-. The molecule has 2 aromatic rings. The van der Waals surface area contributed by atoms with Crippen LogP contribution in [0.3, 0.4) is 0 Å². The molecule has 3 rings (SSSR count). The van der Waals surface area contributed by atoms with Crippen molar-refractivity contribution in [3.8, 4) is 11.5 Å². The molecule has 1 saturated heterocycles. The van der Waals surface area contributed by atoms with Gasteiger partial charge in [-0.1, -0.05) is 53.8 Å². The maximum atomic E-state index is 12.6. The minimum atomic E-state index is -4.01. The van der Waals surface area contributed by atoms with E-state index in [2.05, 4.69) is 6.58 Å². The molecule has 0 saturated carbocycles. The van der Waals surface area contributed by atoms with Gasteiger partial charge in [0, 0.05) is 6.54 Å². The molecular formula is C21H19NO5S3. The van der Waals surface area contributed by atoms with E-state index in [4.69, 9.17) is 21.1 Å². The number of thioether (sulfide) groups is 1. The molecule has 1 aliphatic rings. The van der Waals surface area contributed by atoms with Crippen LogP contribution >= 0.6 is 24.0 Å². The molecule has 0 radical (unpaired) electrons. The number of carbonyl (C=O) groups excluding carboxylic acids is 1. The van der Waals surface area contributed by atoms with Crippen LogP contribution in [0.4, 0.5) is 0 Å². The van der Waals surface area contributed by atoms with Crippen molar-refractivity contribution in [1.29, 1.82) is 0 Å². The first-order valence-corrected chi connectivity index (χ1v) is 11.4. The summed E-state index contributed by atoms with van der Waals surface area (Å²) in [6.07, 6.45) is 3.28. The summed E-state index contributed by atoms with van der Waals surface area (Å²) in [6, 6.07) is 11.1. The third-order valence-electron chi connectivity index (χ3n) is 4.18. The fraction of sp³-hybridized carbons (Fsp3) is 0.143. The molecule has 30 heavy (non-hydrogen) atoms. The smallest absolute Gasteiger partial charge is 0.339 e. The van der Waals surface area contributed by atoms with Gasteiger partial charge in [0.2, 0.25) is 0 Å². The van der Waals surface area contributed by atoms with Gasteiger partial charge in [0.25, 0.3) is 5.91 Å². The first kappa shape index (κ1) is 22.1. The largest absolute Gasteiger partial charge is 0.493 e. The Labute approximate surface area is 185 Å². The Kier molecular flexibility index (Phi) is 6.64. The fourth-order valence-corrected chi connectivity index (χ4v) is 4.87. The maximum absolute atomic E-state index is 12.6. The molecular weight excluding hydrogens is 442 g/mol. The Morgan fingerprint density at radius 2 is 1.87 bits per heavy atom. The summed E-state index contributed by atoms with van der Waals surface area (Å²) in [4.78, 5) is 14.4. The lowest BCUT2D eigenvalue weighted by molar-refractivity contribution is -0.121. The van der Waals surface area contributed by atoms with E-state index in [1.165, 1.54) is 42.0 Å². The monoisotopic (exact) mass is 461 g/mol. The van der Waals surface area contributed by atoms with Crippen LogP contribution in [0.2, 0.25) is 0 Å². The number of carbonyl (C=O) groups is 1. The molecule has 1 fully saturated rings. The Morgan fingerprint density at radius 1 is 1.17 bits per heavy atom. The van der Waals surface area contributed by atoms with Crippen LogP contribution in [0.15, 0.2) is 64.9 Å². The van der Waals surface area contributed by atoms with Crippen LogP contribution in [0.5, 0.6) is 11.5 Å². The van der Waals surface area contributed by atoms with E-state index < -0.39 is 10.1 Å². The second-order valence-electron chi connectivity index (χ2n) is 6.34. The quantitative estimate of drug-likeness (QED) is 0.265. The second kappa shape index (κ2) is 9.03. The number of rotatable bonds is 7. The molecule has 6 nitrogen and oxygen atoms in total. The van der Waals surface area contributed by atoms with Gasteiger partial charge < -0.3 is 8.92 Å². The van der Waals surface area contributed by atoms with Crippen molar-refractivity contribution >= 4 is 50.4 Å². The molecule has 0 aliphatic carbocycles. The highest BCUT2D eigenvalue weighted by atomic mass is 32.2. The van der Waals surface area contributed by atoms with E-state index in [9.17, 15) is 13.2 Å². The molecule has 1 aliphatic heterocycles. The molecule has 1 amide bonds. The van der Waals surface area contributed by atoms with Crippen LogP contribution in [0.25, 0.3) is 6.08 Å². The normalized spacial score (nSPS) is 15.5. The first-order valence-electron chi connectivity index (χ1n) is 8.80. The van der Waals surface area contributed by atoms with E-state index in [-0.39, 0.29) is 22.3 Å². The number of nitrogens with zero attached hydrogens (tertiary/aromatic N) is 1. The second-order valence-corrected chi connectivity index (χ2v) is 9.56. The van der Waals surface area contributed by atoms with Gasteiger partial charge >= 0.3 is 10.1 Å². The summed E-state index contributed by atoms with van der Waals surface area (Å²) in [7, 11) is -2.60. The average molecular weight is 462 g/mol. The summed E-state index contributed by atoms with van der Waals surface area (Å²) in [5, 5.41) is 0. The van der Waals surface area contributed by atoms with E-state index in [0.717, 1.165) is 5.56 Å². The van der Waals surface area contributed by atoms with Crippen LogP contribution in [-0.4, -0.2) is 37.2 Å². The number of thiocarbonyl (C=S) groups is 1. The van der Waals surface area contributed by atoms with Crippen molar-refractivity contribution in [3.05, 3.63) is 71.2 Å². The van der Waals surface area contributed by atoms with Crippen LogP contribution < -0.4 is 8.92 Å².